The molecule has 6 heteroatoms. The van der Waals surface area contributed by atoms with Gasteiger partial charge in [0.2, 0.25) is 0 Å². The van der Waals surface area contributed by atoms with Gasteiger partial charge in [0.25, 0.3) is 0 Å². The van der Waals surface area contributed by atoms with E-state index in [-0.39, 0.29) is 0 Å². The summed E-state index contributed by atoms with van der Waals surface area (Å²) in [4.78, 5) is 0. The Morgan fingerprint density at radius 1 is 0.106 bits per heavy atom. The van der Waals surface area contributed by atoms with Gasteiger partial charge >= 0.3 is 0 Å². The van der Waals surface area contributed by atoms with Gasteiger partial charge in [-0.1, -0.05) is 376 Å². The fraction of sp³-hybridized carbons (Fsp3) is 0. The fourth-order valence-corrected chi connectivity index (χ4v) is 21.5. The van der Waals surface area contributed by atoms with E-state index < -0.39 is 0 Å². The number of para-hydroxylation sites is 5. The molecule has 0 unspecified atom stereocenters. The Morgan fingerprint density at radius 3 is 0.727 bits per heavy atom. The lowest BCUT2D eigenvalue weighted by Gasteiger charge is -2.18. The van der Waals surface area contributed by atoms with Crippen LogP contribution in [0.2, 0.25) is 0 Å². The Bertz CT molecular complexity index is 9520. The molecule has 6 nitrogen and oxygen atoms in total. The highest BCUT2D eigenvalue weighted by atomic mass is 16.4. The number of rotatable bonds is 8. The first-order chi connectivity index (χ1) is 65.5. The van der Waals surface area contributed by atoms with Crippen LogP contribution in [0.4, 0.5) is 0 Å². The van der Waals surface area contributed by atoms with Crippen LogP contribution in [0.25, 0.3) is 285 Å². The van der Waals surface area contributed by atoms with Crippen molar-refractivity contribution in [2.75, 3.05) is 0 Å². The molecule has 0 aliphatic rings. The Hall–Kier alpha value is -17.6. The summed E-state index contributed by atoms with van der Waals surface area (Å²) in [7, 11) is 0. The number of fused-ring (bicyclic) bond motifs is 26. The van der Waals surface area contributed by atoms with Crippen molar-refractivity contribution < 1.29 is 26.5 Å². The van der Waals surface area contributed by atoms with Crippen LogP contribution in [0.5, 0.6) is 0 Å². The van der Waals surface area contributed by atoms with E-state index in [9.17, 15) is 0 Å². The fourth-order valence-electron chi connectivity index (χ4n) is 21.5. The number of benzene rings is 23. The molecule has 0 spiro atoms. The summed E-state index contributed by atoms with van der Waals surface area (Å²) in [6, 6.07) is 159. The zero-order chi connectivity index (χ0) is 86.6. The van der Waals surface area contributed by atoms with E-state index in [0.29, 0.717) is 0 Å². The SMILES string of the molecule is c1ccc(-c2c3ccccc3c(-c3ccc(-c4c5oc6ccccc6c5cc5c4oc4ccccc45)cc3)c3ccccc23)cc1.c1ccc(-c2c3ccccc3c(-c3ccc4c(c3)oc3c4ccc4c5ccccc5oc43)c3ccccc23)cc1.c1ccc(-c2c3ccccc3c(-c3cccc(-c4cc5c6ccccc6oc5c5c4oc4ccccc45)c3)c3ccccc23)cc1. The number of furan rings is 6. The number of hydrogen-bond donors (Lipinski definition) is 0. The van der Waals surface area contributed by atoms with Crippen LogP contribution >= 0.6 is 0 Å². The second kappa shape index (κ2) is 30.0. The van der Waals surface area contributed by atoms with Crippen LogP contribution in [-0.2, 0) is 0 Å². The minimum Gasteiger partial charge on any atom is -0.455 e. The van der Waals surface area contributed by atoms with Crippen LogP contribution in [0.3, 0.4) is 0 Å². The van der Waals surface area contributed by atoms with Crippen molar-refractivity contribution in [2.45, 2.75) is 0 Å². The molecule has 0 amide bonds. The Kier molecular flexibility index (Phi) is 17.0. The normalized spacial score (nSPS) is 11.9. The Morgan fingerprint density at radius 2 is 0.341 bits per heavy atom. The number of hydrogen-bond acceptors (Lipinski definition) is 6. The van der Waals surface area contributed by atoms with Crippen molar-refractivity contribution in [3.63, 3.8) is 0 Å². The van der Waals surface area contributed by atoms with Crippen molar-refractivity contribution in [2.24, 2.45) is 0 Å². The molecule has 6 aromatic heterocycles. The lowest BCUT2D eigenvalue weighted by Crippen LogP contribution is -1.91. The van der Waals surface area contributed by atoms with Gasteiger partial charge in [0.1, 0.15) is 55.8 Å². The van der Waals surface area contributed by atoms with E-state index in [1.807, 2.05) is 66.7 Å². The van der Waals surface area contributed by atoms with E-state index in [1.54, 1.807) is 0 Å². The molecule has 6 heterocycles. The highest BCUT2D eigenvalue weighted by molar-refractivity contribution is 6.30. The van der Waals surface area contributed by atoms with Crippen LogP contribution in [0, 0.1) is 0 Å². The van der Waals surface area contributed by atoms with E-state index in [2.05, 4.69) is 382 Å². The standard InChI is InChI=1S/2C44H26O2.C38H22O2/c1-2-13-27(14-3-1)40-31-18-4-6-20-33(31)41(34-21-7-5-19-32(34)40)29-16-12-15-28(25-29)36-26-37-30-17-8-10-23-38(30)45-44(37)42-35-22-9-11-24-39(35)46-43(36)42;1-2-12-27(13-3-1)40-32-16-4-6-18-34(32)41(35-19-7-5-17-33(35)40)28-22-24-29(25-23-28)42-43-36(30-14-8-10-20-38(30)45-43)26-37-31-15-9-11-21-39(31)46-44(37)42;1-2-10-23(11-3-1)35-27-13-4-6-15-29(27)36(30-16-7-5-14-28(30)35)24-18-19-26-32-21-20-31-25-12-8-9-17-33(25)39-37(31)38(32)40-34(26)22-24/h2*1-26H;1-22H. The maximum atomic E-state index is 6.63. The lowest BCUT2D eigenvalue weighted by atomic mass is 9.85. The molecule has 0 saturated carbocycles. The van der Waals surface area contributed by atoms with E-state index in [0.717, 1.165) is 159 Å². The van der Waals surface area contributed by atoms with E-state index in [1.165, 1.54) is 126 Å². The summed E-state index contributed by atoms with van der Waals surface area (Å²) in [5.74, 6) is 0. The van der Waals surface area contributed by atoms with Crippen molar-refractivity contribution in [1.29, 1.82) is 0 Å². The van der Waals surface area contributed by atoms with Crippen molar-refractivity contribution in [3.8, 4) is 89.0 Å². The smallest absolute Gasteiger partial charge is 0.178 e. The second-order valence-corrected chi connectivity index (χ2v) is 34.4. The van der Waals surface area contributed by atoms with Crippen molar-refractivity contribution in [3.05, 3.63) is 449 Å². The first-order valence-corrected chi connectivity index (χ1v) is 45.0. The Balaban J connectivity index is 0.000000102. The van der Waals surface area contributed by atoms with Crippen molar-refractivity contribution in [1.82, 2.24) is 0 Å². The molecule has 0 saturated heterocycles. The first-order valence-electron chi connectivity index (χ1n) is 45.0. The van der Waals surface area contributed by atoms with Gasteiger partial charge in [-0.25, -0.2) is 0 Å². The average Bonchev–Trinajstić information content (AvgIpc) is 1.40. The maximum Gasteiger partial charge on any atom is 0.178 e. The summed E-state index contributed by atoms with van der Waals surface area (Å²) in [6.45, 7) is 0. The Labute approximate surface area is 755 Å². The van der Waals surface area contributed by atoms with Gasteiger partial charge in [0.15, 0.2) is 11.2 Å². The van der Waals surface area contributed by atoms with Gasteiger partial charge in [-0.05, 0) is 215 Å². The summed E-state index contributed by atoms with van der Waals surface area (Å²) >= 11 is 0. The third-order valence-corrected chi connectivity index (χ3v) is 27.2. The zero-order valence-electron chi connectivity index (χ0n) is 71.2. The summed E-state index contributed by atoms with van der Waals surface area (Å²) in [6.07, 6.45) is 0. The van der Waals surface area contributed by atoms with Crippen molar-refractivity contribution >= 4 is 196 Å². The molecule has 0 radical (unpaired) electrons. The lowest BCUT2D eigenvalue weighted by molar-refractivity contribution is 0.633. The second-order valence-electron chi connectivity index (χ2n) is 34.4. The molecule has 29 rings (SSSR count). The van der Waals surface area contributed by atoms with Crippen LogP contribution < -0.4 is 0 Å². The monoisotopic (exact) mass is 1680 g/mol. The van der Waals surface area contributed by atoms with Gasteiger partial charge < -0.3 is 26.5 Å². The highest BCUT2D eigenvalue weighted by Gasteiger charge is 2.28. The van der Waals surface area contributed by atoms with Gasteiger partial charge in [-0.3, -0.25) is 0 Å². The minimum absolute atomic E-state index is 0.801. The summed E-state index contributed by atoms with van der Waals surface area (Å²) < 4.78 is 39.1. The molecule has 132 heavy (non-hydrogen) atoms. The maximum absolute atomic E-state index is 6.63. The molecule has 0 bridgehead atoms. The molecule has 0 atom stereocenters. The molecular formula is C126H74O6. The van der Waals surface area contributed by atoms with Gasteiger partial charge in [0.05, 0.1) is 10.9 Å². The van der Waals surface area contributed by atoms with Crippen LogP contribution in [-0.4, -0.2) is 0 Å². The van der Waals surface area contributed by atoms with Crippen LogP contribution in [0.15, 0.2) is 475 Å². The molecule has 23 aromatic carbocycles. The van der Waals surface area contributed by atoms with Gasteiger partial charge in [-0.2, -0.15) is 0 Å². The molecule has 0 aliphatic carbocycles. The summed E-state index contributed by atoms with van der Waals surface area (Å²) in [5.41, 5.74) is 29.2. The first kappa shape index (κ1) is 74.6. The largest absolute Gasteiger partial charge is 0.455 e. The van der Waals surface area contributed by atoms with Gasteiger partial charge in [-0.15, -0.1) is 0 Å². The third kappa shape index (κ3) is 11.7. The average molecular weight is 1680 g/mol. The summed E-state index contributed by atoms with van der Waals surface area (Å²) in [5, 5.41) is 28.0. The molecular weight excluding hydrogens is 1610 g/mol. The predicted molar refractivity (Wildman–Crippen MR) is 552 cm³/mol. The zero-order valence-corrected chi connectivity index (χ0v) is 71.2. The van der Waals surface area contributed by atoms with Crippen LogP contribution in [0.1, 0.15) is 0 Å². The van der Waals surface area contributed by atoms with Gasteiger partial charge in [0, 0.05) is 64.8 Å². The van der Waals surface area contributed by atoms with E-state index in [4.69, 9.17) is 26.5 Å². The molecule has 0 fully saturated rings. The molecule has 29 aromatic rings. The predicted octanol–water partition coefficient (Wildman–Crippen LogP) is 36.7. The molecule has 614 valence electrons. The quantitative estimate of drug-likeness (QED) is 0.141. The third-order valence-electron chi connectivity index (χ3n) is 27.2. The molecule has 0 aliphatic heterocycles. The minimum atomic E-state index is 0.801. The molecule has 0 N–H and O–H groups in total. The highest BCUT2D eigenvalue weighted by Crippen LogP contribution is 2.53. The van der Waals surface area contributed by atoms with E-state index >= 15 is 0 Å². The topological polar surface area (TPSA) is 78.8 Å².